The molecular weight excluding hydrogens is 220 g/mol. The Morgan fingerprint density at radius 3 is 2.61 bits per heavy atom. The van der Waals surface area contributed by atoms with Crippen molar-refractivity contribution in [1.29, 1.82) is 0 Å². The maximum atomic E-state index is 4.89. The van der Waals surface area contributed by atoms with Gasteiger partial charge in [-0.15, -0.1) is 0 Å². The van der Waals surface area contributed by atoms with E-state index in [9.17, 15) is 0 Å². The molecule has 0 atom stereocenters. The van der Waals surface area contributed by atoms with Crippen LogP contribution in [0, 0.1) is 0 Å². The maximum absolute atomic E-state index is 4.89. The van der Waals surface area contributed by atoms with Crippen LogP contribution in [0.1, 0.15) is 39.2 Å². The summed E-state index contributed by atoms with van der Waals surface area (Å²) in [6.45, 7) is 9.89. The van der Waals surface area contributed by atoms with Crippen molar-refractivity contribution in [3.63, 3.8) is 0 Å². The monoisotopic (exact) mass is 244 g/mol. The maximum Gasteiger partial charge on any atom is 0.0549 e. The van der Waals surface area contributed by atoms with Crippen LogP contribution in [0.3, 0.4) is 0 Å². The van der Waals surface area contributed by atoms with Crippen LogP contribution in [0.2, 0.25) is 0 Å². The van der Waals surface area contributed by atoms with Crippen molar-refractivity contribution in [3.8, 4) is 0 Å². The van der Waals surface area contributed by atoms with E-state index >= 15 is 0 Å². The van der Waals surface area contributed by atoms with Crippen LogP contribution in [0.5, 0.6) is 0 Å². The Morgan fingerprint density at radius 1 is 1.22 bits per heavy atom. The highest BCUT2D eigenvalue weighted by atomic mass is 15.2. The molecule has 0 aliphatic carbocycles. The van der Waals surface area contributed by atoms with Crippen LogP contribution in [-0.4, -0.2) is 29.2 Å². The Morgan fingerprint density at radius 2 is 1.94 bits per heavy atom. The highest BCUT2D eigenvalue weighted by molar-refractivity contribution is 5.88. The topological polar surface area (TPSA) is 15.6 Å². The molecule has 2 heteroatoms. The number of hydrogen-bond donors (Lipinski definition) is 0. The average molecular weight is 244 g/mol. The molecule has 1 saturated heterocycles. The largest absolute Gasteiger partial charge is 0.293 e. The quantitative estimate of drug-likeness (QED) is 0.791. The molecule has 1 aliphatic rings. The molecule has 1 aliphatic heterocycles. The molecule has 0 spiro atoms. The molecule has 1 heterocycles. The second-order valence-electron chi connectivity index (χ2n) is 5.79. The molecule has 2 rings (SSSR count). The molecule has 0 radical (unpaired) electrons. The highest BCUT2D eigenvalue weighted by Crippen LogP contribution is 2.18. The van der Waals surface area contributed by atoms with Gasteiger partial charge in [-0.25, -0.2) is 0 Å². The molecular formula is C16H24N2. The van der Waals surface area contributed by atoms with Gasteiger partial charge < -0.3 is 0 Å². The fraction of sp³-hybridized carbons (Fsp3) is 0.562. The zero-order valence-electron chi connectivity index (χ0n) is 11.8. The molecule has 0 saturated carbocycles. The smallest absolute Gasteiger partial charge is 0.0549 e. The number of aliphatic imine (C=N–C) groups is 1. The molecule has 0 bridgehead atoms. The third-order valence-electron chi connectivity index (χ3n) is 3.70. The van der Waals surface area contributed by atoms with E-state index in [1.807, 2.05) is 0 Å². The Kier molecular flexibility index (Phi) is 4.18. The first-order valence-electron chi connectivity index (χ1n) is 6.93. The summed E-state index contributed by atoms with van der Waals surface area (Å²) in [4.78, 5) is 7.38. The third kappa shape index (κ3) is 3.67. The third-order valence-corrected chi connectivity index (χ3v) is 3.70. The highest BCUT2D eigenvalue weighted by Gasteiger charge is 2.21. The van der Waals surface area contributed by atoms with Crippen LogP contribution < -0.4 is 0 Å². The molecule has 0 amide bonds. The lowest BCUT2D eigenvalue weighted by atomic mass is 10.0. The first kappa shape index (κ1) is 13.3. The number of likely N-dealkylation sites (tertiary alicyclic amines) is 1. The summed E-state index contributed by atoms with van der Waals surface area (Å²) in [6.07, 6.45) is 2.24. The van der Waals surface area contributed by atoms with Crippen LogP contribution in [-0.2, 0) is 6.54 Å². The minimum atomic E-state index is 0.109. The van der Waals surface area contributed by atoms with E-state index < -0.39 is 0 Å². The van der Waals surface area contributed by atoms with Crippen LogP contribution >= 0.6 is 0 Å². The van der Waals surface area contributed by atoms with E-state index in [4.69, 9.17) is 4.99 Å². The number of rotatable bonds is 4. The van der Waals surface area contributed by atoms with Gasteiger partial charge in [0.15, 0.2) is 0 Å². The zero-order chi connectivity index (χ0) is 13.0. The molecule has 0 N–H and O–H groups in total. The van der Waals surface area contributed by atoms with Gasteiger partial charge in [0.1, 0.15) is 0 Å². The van der Waals surface area contributed by atoms with Gasteiger partial charge in [-0.1, -0.05) is 37.3 Å². The summed E-state index contributed by atoms with van der Waals surface area (Å²) >= 11 is 0. The van der Waals surface area contributed by atoms with Crippen LogP contribution in [0.15, 0.2) is 35.3 Å². The predicted molar refractivity (Wildman–Crippen MR) is 78.1 cm³/mol. The van der Waals surface area contributed by atoms with Gasteiger partial charge in [-0.2, -0.15) is 0 Å². The Labute approximate surface area is 111 Å². The van der Waals surface area contributed by atoms with Crippen LogP contribution in [0.4, 0.5) is 0 Å². The van der Waals surface area contributed by atoms with E-state index in [1.165, 1.54) is 11.3 Å². The van der Waals surface area contributed by atoms with E-state index in [1.54, 1.807) is 0 Å². The zero-order valence-corrected chi connectivity index (χ0v) is 11.8. The molecule has 18 heavy (non-hydrogen) atoms. The lowest BCUT2D eigenvalue weighted by Crippen LogP contribution is -2.22. The van der Waals surface area contributed by atoms with Crippen molar-refractivity contribution in [3.05, 3.63) is 35.9 Å². The summed E-state index contributed by atoms with van der Waals surface area (Å²) in [5.74, 6) is 0. The Bertz CT molecular complexity index is 406. The van der Waals surface area contributed by atoms with Crippen molar-refractivity contribution < 1.29 is 0 Å². The molecule has 1 aromatic rings. The Hall–Kier alpha value is -1.15. The second kappa shape index (κ2) is 5.66. The van der Waals surface area contributed by atoms with Gasteiger partial charge in [0, 0.05) is 25.3 Å². The molecule has 1 fully saturated rings. The summed E-state index contributed by atoms with van der Waals surface area (Å²) in [5, 5.41) is 0. The summed E-state index contributed by atoms with van der Waals surface area (Å²) < 4.78 is 0. The van der Waals surface area contributed by atoms with Gasteiger partial charge in [0.25, 0.3) is 0 Å². The normalized spacial score (nSPS) is 19.6. The lowest BCUT2D eigenvalue weighted by molar-refractivity contribution is 0.340. The first-order chi connectivity index (χ1) is 8.59. The lowest BCUT2D eigenvalue weighted by Gasteiger charge is -2.18. The summed E-state index contributed by atoms with van der Waals surface area (Å²) in [6, 6.07) is 10.7. The van der Waals surface area contributed by atoms with Gasteiger partial charge in [0.05, 0.1) is 5.54 Å². The molecule has 98 valence electrons. The standard InChI is InChI=1S/C16H24N2/c1-4-16(2,3)17-15-10-11-18(13-15)12-14-8-6-5-7-9-14/h5-9H,4,10-13H2,1-3H3/b17-15+. The molecule has 2 nitrogen and oxygen atoms in total. The number of nitrogens with zero attached hydrogens (tertiary/aromatic N) is 2. The van der Waals surface area contributed by atoms with Crippen molar-refractivity contribution in [2.45, 2.75) is 45.7 Å². The predicted octanol–water partition coefficient (Wildman–Crippen LogP) is 3.52. The summed E-state index contributed by atoms with van der Waals surface area (Å²) in [7, 11) is 0. The Balaban J connectivity index is 1.93. The first-order valence-corrected chi connectivity index (χ1v) is 6.93. The van der Waals surface area contributed by atoms with Gasteiger partial charge >= 0.3 is 0 Å². The average Bonchev–Trinajstić information content (AvgIpc) is 2.77. The van der Waals surface area contributed by atoms with E-state index in [0.717, 1.165) is 32.5 Å². The number of hydrogen-bond acceptors (Lipinski definition) is 2. The molecule has 1 aromatic carbocycles. The van der Waals surface area contributed by atoms with Crippen LogP contribution in [0.25, 0.3) is 0 Å². The minimum Gasteiger partial charge on any atom is -0.293 e. The second-order valence-corrected chi connectivity index (χ2v) is 5.79. The van der Waals surface area contributed by atoms with Gasteiger partial charge in [-0.3, -0.25) is 9.89 Å². The fourth-order valence-electron chi connectivity index (χ4n) is 2.28. The molecule has 0 aromatic heterocycles. The minimum absolute atomic E-state index is 0.109. The molecule has 0 unspecified atom stereocenters. The number of benzene rings is 1. The summed E-state index contributed by atoms with van der Waals surface area (Å²) in [5.41, 5.74) is 2.88. The van der Waals surface area contributed by atoms with Gasteiger partial charge in [0.2, 0.25) is 0 Å². The van der Waals surface area contributed by atoms with Gasteiger partial charge in [-0.05, 0) is 32.3 Å². The van der Waals surface area contributed by atoms with E-state index in [2.05, 4.69) is 56.0 Å². The van der Waals surface area contributed by atoms with Crippen molar-refractivity contribution in [2.24, 2.45) is 4.99 Å². The van der Waals surface area contributed by atoms with E-state index in [-0.39, 0.29) is 5.54 Å². The SMILES string of the molecule is CCC(C)(C)/N=C1\CCN(Cc2ccccc2)C1. The van der Waals surface area contributed by atoms with E-state index in [0.29, 0.717) is 0 Å². The van der Waals surface area contributed by atoms with Crippen molar-refractivity contribution >= 4 is 5.71 Å². The van der Waals surface area contributed by atoms with Crippen molar-refractivity contribution in [1.82, 2.24) is 4.90 Å². The fourth-order valence-corrected chi connectivity index (χ4v) is 2.28. The van der Waals surface area contributed by atoms with Crippen molar-refractivity contribution in [2.75, 3.05) is 13.1 Å².